The molecule has 0 bridgehead atoms. The molecule has 0 saturated heterocycles. The van der Waals surface area contributed by atoms with Gasteiger partial charge in [0.15, 0.2) is 5.78 Å². The van der Waals surface area contributed by atoms with Crippen LogP contribution in [0, 0.1) is 0 Å². The first-order valence-corrected chi connectivity index (χ1v) is 5.79. The number of Topliss-reactive ketones (excluding diaryl/α,β-unsaturated/α-hetero) is 1. The van der Waals surface area contributed by atoms with Crippen molar-refractivity contribution in [1.29, 1.82) is 0 Å². The quantitative estimate of drug-likeness (QED) is 0.390. The highest BCUT2D eigenvalue weighted by molar-refractivity contribution is 14.1. The number of carbonyl (C=O) groups is 2. The molecule has 0 unspecified atom stereocenters. The van der Waals surface area contributed by atoms with Crippen molar-refractivity contribution in [2.45, 2.75) is 0 Å². The lowest BCUT2D eigenvalue weighted by molar-refractivity contribution is -0.114. The van der Waals surface area contributed by atoms with Gasteiger partial charge in [0.25, 0.3) is 0 Å². The summed E-state index contributed by atoms with van der Waals surface area (Å²) in [5.41, 5.74) is 0. The molecule has 0 aromatic heterocycles. The molecule has 0 aromatic rings. The molecule has 0 fully saturated rings. The van der Waals surface area contributed by atoms with Crippen molar-refractivity contribution in [3.05, 3.63) is 16.8 Å². The van der Waals surface area contributed by atoms with Crippen molar-refractivity contribution in [2.75, 3.05) is 0 Å². The molecule has 0 aliphatic heterocycles. The number of allylic oxidation sites excluding steroid dienone is 4. The zero-order chi connectivity index (χ0) is 8.59. The highest BCUT2D eigenvalue weighted by Crippen LogP contribution is 2.30. The van der Waals surface area contributed by atoms with Crippen LogP contribution in [-0.4, -0.2) is 11.6 Å². The maximum absolute atomic E-state index is 11.2. The van der Waals surface area contributed by atoms with Gasteiger partial charge in [0.2, 0.25) is 5.78 Å². The number of halogens is 3. The van der Waals surface area contributed by atoms with Crippen molar-refractivity contribution >= 4 is 79.3 Å². The van der Waals surface area contributed by atoms with E-state index in [0.29, 0.717) is 10.7 Å². The van der Waals surface area contributed by atoms with Crippen LogP contribution in [0.25, 0.3) is 0 Å². The molecule has 1 aliphatic rings. The van der Waals surface area contributed by atoms with E-state index < -0.39 is 0 Å². The number of ketones is 2. The largest absolute Gasteiger partial charge is 0.289 e. The molecule has 0 aromatic carbocycles. The molecule has 5 heteroatoms. The standard InChI is InChI=1S/C6HI3O2/c7-2-1-3(10)4(8)5(9)6(2)11/h1H. The number of hydrogen-bond donors (Lipinski definition) is 0. The van der Waals surface area contributed by atoms with Crippen LogP contribution in [0.2, 0.25) is 0 Å². The smallest absolute Gasteiger partial charge is 0.206 e. The topological polar surface area (TPSA) is 34.1 Å². The third-order valence-electron chi connectivity index (χ3n) is 1.08. The molecule has 58 valence electrons. The van der Waals surface area contributed by atoms with E-state index in [0.717, 1.165) is 0 Å². The van der Waals surface area contributed by atoms with Gasteiger partial charge in [-0.1, -0.05) is 0 Å². The first kappa shape index (κ1) is 10.1. The Bertz CT molecular complexity index is 301. The summed E-state index contributed by atoms with van der Waals surface area (Å²) in [6.07, 6.45) is 1.37. The summed E-state index contributed by atoms with van der Waals surface area (Å²) >= 11 is 5.65. The molecule has 1 aliphatic carbocycles. The molecule has 0 saturated carbocycles. The molecule has 0 N–H and O–H groups in total. The van der Waals surface area contributed by atoms with Gasteiger partial charge in [0, 0.05) is 6.08 Å². The van der Waals surface area contributed by atoms with Gasteiger partial charge >= 0.3 is 0 Å². The maximum atomic E-state index is 11.2. The van der Waals surface area contributed by atoms with Crippen LogP contribution in [0.15, 0.2) is 16.8 Å². The Morgan fingerprint density at radius 1 is 1.00 bits per heavy atom. The van der Waals surface area contributed by atoms with Gasteiger partial charge in [0.1, 0.15) is 0 Å². The molecule has 0 amide bonds. The van der Waals surface area contributed by atoms with E-state index in [9.17, 15) is 9.59 Å². The lowest BCUT2D eigenvalue weighted by atomic mass is 10.2. The zero-order valence-corrected chi connectivity index (χ0v) is 11.5. The molecule has 2 nitrogen and oxygen atoms in total. The van der Waals surface area contributed by atoms with Gasteiger partial charge in [-0.25, -0.2) is 0 Å². The molecule has 0 radical (unpaired) electrons. The first-order valence-electron chi connectivity index (χ1n) is 2.55. The van der Waals surface area contributed by atoms with E-state index in [1.807, 2.05) is 67.8 Å². The second-order valence-corrected chi connectivity index (χ2v) is 5.13. The van der Waals surface area contributed by atoms with Crippen molar-refractivity contribution in [3.63, 3.8) is 0 Å². The average molecular weight is 486 g/mol. The summed E-state index contributed by atoms with van der Waals surface area (Å²) in [5, 5.41) is 0. The Hall–Kier alpha value is 1.01. The SMILES string of the molecule is O=C1C=C(I)C(=O)C(I)=C1I. The fraction of sp³-hybridized carbons (Fsp3) is 0. The van der Waals surface area contributed by atoms with Gasteiger partial charge in [-0.15, -0.1) is 0 Å². The van der Waals surface area contributed by atoms with Gasteiger partial charge in [-0.2, -0.15) is 0 Å². The number of hydrogen-bond acceptors (Lipinski definition) is 2. The van der Waals surface area contributed by atoms with E-state index in [1.54, 1.807) is 0 Å². The zero-order valence-electron chi connectivity index (χ0n) is 5.03. The molecule has 0 atom stereocenters. The Labute approximate surface area is 104 Å². The molecule has 11 heavy (non-hydrogen) atoms. The minimum atomic E-state index is -0.0704. The lowest BCUT2D eigenvalue weighted by Gasteiger charge is -2.05. The number of carbonyl (C=O) groups excluding carboxylic acids is 2. The van der Waals surface area contributed by atoms with Crippen LogP contribution in [0.1, 0.15) is 0 Å². The predicted octanol–water partition coefficient (Wildman–Crippen LogP) is 2.54. The van der Waals surface area contributed by atoms with E-state index in [1.165, 1.54) is 6.08 Å². The minimum Gasteiger partial charge on any atom is -0.289 e. The summed E-state index contributed by atoms with van der Waals surface area (Å²) < 4.78 is 1.55. The normalized spacial score (nSPS) is 19.0. The van der Waals surface area contributed by atoms with Crippen molar-refractivity contribution < 1.29 is 9.59 Å². The summed E-state index contributed by atoms with van der Waals surface area (Å²) in [6.45, 7) is 0. The van der Waals surface area contributed by atoms with Crippen molar-refractivity contribution in [2.24, 2.45) is 0 Å². The molecular weight excluding hydrogens is 485 g/mol. The van der Waals surface area contributed by atoms with Crippen LogP contribution >= 0.6 is 67.8 Å². The molecule has 1 rings (SSSR count). The highest BCUT2D eigenvalue weighted by Gasteiger charge is 2.23. The van der Waals surface area contributed by atoms with Crippen LogP contribution < -0.4 is 0 Å². The lowest BCUT2D eigenvalue weighted by Crippen LogP contribution is -2.10. The van der Waals surface area contributed by atoms with Crippen LogP contribution in [0.4, 0.5) is 0 Å². The Morgan fingerprint density at radius 2 is 1.55 bits per heavy atom. The second-order valence-electron chi connectivity index (χ2n) is 1.81. The Morgan fingerprint density at radius 3 is 2.09 bits per heavy atom. The molecular formula is C6HI3O2. The third-order valence-corrected chi connectivity index (χ3v) is 5.02. The predicted molar refractivity (Wildman–Crippen MR) is 67.2 cm³/mol. The van der Waals surface area contributed by atoms with E-state index in [4.69, 9.17) is 0 Å². The van der Waals surface area contributed by atoms with E-state index >= 15 is 0 Å². The fourth-order valence-electron chi connectivity index (χ4n) is 0.557. The monoisotopic (exact) mass is 486 g/mol. The summed E-state index contributed by atoms with van der Waals surface area (Å²) in [7, 11) is 0. The van der Waals surface area contributed by atoms with E-state index in [2.05, 4.69) is 0 Å². The van der Waals surface area contributed by atoms with Crippen LogP contribution in [-0.2, 0) is 9.59 Å². The van der Waals surface area contributed by atoms with Gasteiger partial charge in [0.05, 0.1) is 10.7 Å². The highest BCUT2D eigenvalue weighted by atomic mass is 127. The van der Waals surface area contributed by atoms with Crippen molar-refractivity contribution in [1.82, 2.24) is 0 Å². The minimum absolute atomic E-state index is 0.0461. The van der Waals surface area contributed by atoms with Crippen LogP contribution in [0.3, 0.4) is 0 Å². The van der Waals surface area contributed by atoms with E-state index in [-0.39, 0.29) is 11.6 Å². The molecule has 0 spiro atoms. The third kappa shape index (κ3) is 2.02. The summed E-state index contributed by atoms with van der Waals surface area (Å²) in [6, 6.07) is 0. The van der Waals surface area contributed by atoms with Crippen molar-refractivity contribution in [3.8, 4) is 0 Å². The van der Waals surface area contributed by atoms with Crippen LogP contribution in [0.5, 0.6) is 0 Å². The Balaban J connectivity index is 3.19. The van der Waals surface area contributed by atoms with Gasteiger partial charge < -0.3 is 0 Å². The first-order chi connectivity index (χ1) is 5.04. The fourth-order valence-corrected chi connectivity index (χ4v) is 2.58. The van der Waals surface area contributed by atoms with Gasteiger partial charge in [-0.05, 0) is 67.8 Å². The average Bonchev–Trinajstić information content (AvgIpc) is 1.97. The maximum Gasteiger partial charge on any atom is 0.206 e. The Kier molecular flexibility index (Phi) is 3.50. The summed E-state index contributed by atoms with van der Waals surface area (Å²) in [4.78, 5) is 22.2. The molecule has 0 heterocycles. The van der Waals surface area contributed by atoms with Gasteiger partial charge in [-0.3, -0.25) is 9.59 Å². The second kappa shape index (κ2) is 3.81. The summed E-state index contributed by atoms with van der Waals surface area (Å²) in [5.74, 6) is -0.116. The number of rotatable bonds is 0.